The molecular weight excluding hydrogens is 516 g/mol. The molecule has 1 amide bonds. The number of carbonyl (C=O) groups excluding carboxylic acids is 1. The quantitative estimate of drug-likeness (QED) is 0.150. The minimum Gasteiger partial charge on any atom is -0.323 e. The highest BCUT2D eigenvalue weighted by atomic mass is 31.2. The number of anilines is 1. The largest absolute Gasteiger partial charge is 0.335 e. The van der Waals surface area contributed by atoms with Gasteiger partial charge in [0.15, 0.2) is 0 Å². The number of aromatic nitrogens is 2. The lowest BCUT2D eigenvalue weighted by atomic mass is 10.1. The van der Waals surface area contributed by atoms with Gasteiger partial charge < -0.3 is 14.4 Å². The number of halogens is 1. The Morgan fingerprint density at radius 2 is 1.62 bits per heavy atom. The lowest BCUT2D eigenvalue weighted by Gasteiger charge is -2.17. The number of nitrogens with zero attached hydrogens (tertiary/aromatic N) is 2. The van der Waals surface area contributed by atoms with Gasteiger partial charge in [0.2, 0.25) is 5.91 Å². The summed E-state index contributed by atoms with van der Waals surface area (Å²) in [6.45, 7) is 4.67. The van der Waals surface area contributed by atoms with Crippen molar-refractivity contribution in [2.75, 3.05) is 18.5 Å². The lowest BCUT2D eigenvalue weighted by molar-refractivity contribution is -0.111. The van der Waals surface area contributed by atoms with Crippen LogP contribution in [0.5, 0.6) is 0 Å². The van der Waals surface area contributed by atoms with E-state index in [1.54, 1.807) is 62.5 Å². The zero-order valence-electron chi connectivity index (χ0n) is 21.9. The summed E-state index contributed by atoms with van der Waals surface area (Å²) in [5, 5.41) is 7.37. The summed E-state index contributed by atoms with van der Waals surface area (Å²) < 4.78 is 38.9. The summed E-state index contributed by atoms with van der Waals surface area (Å²) in [6.07, 6.45) is 4.97. The predicted molar refractivity (Wildman–Crippen MR) is 152 cm³/mol. The van der Waals surface area contributed by atoms with E-state index in [4.69, 9.17) is 9.05 Å². The molecule has 3 aromatic carbocycles. The van der Waals surface area contributed by atoms with Crippen molar-refractivity contribution in [2.45, 2.75) is 26.6 Å². The third-order valence-corrected chi connectivity index (χ3v) is 7.88. The summed E-state index contributed by atoms with van der Waals surface area (Å²) >= 11 is 0. The minimum atomic E-state index is -3.21. The molecular formula is C30H31FN3O4P. The fourth-order valence-corrected chi connectivity index (χ4v) is 5.81. The molecule has 1 aromatic heterocycles. The van der Waals surface area contributed by atoms with Gasteiger partial charge in [-0.1, -0.05) is 42.5 Å². The molecule has 0 fully saturated rings. The van der Waals surface area contributed by atoms with E-state index in [-0.39, 0.29) is 17.9 Å². The molecule has 39 heavy (non-hydrogen) atoms. The third kappa shape index (κ3) is 7.83. The molecule has 0 bridgehead atoms. The number of rotatable bonds is 12. The first-order valence-electron chi connectivity index (χ1n) is 12.7. The van der Waals surface area contributed by atoms with E-state index in [1.807, 2.05) is 35.0 Å². The highest BCUT2D eigenvalue weighted by molar-refractivity contribution is 7.53. The van der Waals surface area contributed by atoms with Crippen molar-refractivity contribution in [2.24, 2.45) is 0 Å². The number of benzene rings is 3. The van der Waals surface area contributed by atoms with Gasteiger partial charge in [0.1, 0.15) is 5.82 Å². The maximum Gasteiger partial charge on any atom is 0.335 e. The molecule has 0 unspecified atom stereocenters. The smallest absolute Gasteiger partial charge is 0.323 e. The molecule has 0 spiro atoms. The summed E-state index contributed by atoms with van der Waals surface area (Å²) in [7, 11) is -3.21. The molecule has 1 N–H and O–H groups in total. The molecule has 0 saturated heterocycles. The van der Waals surface area contributed by atoms with E-state index in [0.717, 1.165) is 27.9 Å². The van der Waals surface area contributed by atoms with Crippen molar-refractivity contribution in [3.8, 4) is 11.3 Å². The molecule has 1 heterocycles. The standard InChI is InChI=1S/C30H31FN3O4P/c1-3-37-39(36,38-4-2)22-24-10-17-28(18-11-24)33-29(35)19-14-26-20-32-34(21-23-8-6-5-7-9-23)30(26)25-12-15-27(31)16-13-25/h5-20H,3-4,21-22H2,1-2H3,(H,33,35). The van der Waals surface area contributed by atoms with Gasteiger partial charge in [-0.25, -0.2) is 4.39 Å². The van der Waals surface area contributed by atoms with Gasteiger partial charge in [0.05, 0.1) is 37.8 Å². The molecule has 0 aliphatic rings. The van der Waals surface area contributed by atoms with Crippen LogP contribution in [0.2, 0.25) is 0 Å². The second-order valence-electron chi connectivity index (χ2n) is 8.72. The van der Waals surface area contributed by atoms with E-state index in [9.17, 15) is 13.8 Å². The average Bonchev–Trinajstić information content (AvgIpc) is 3.32. The Kier molecular flexibility index (Phi) is 9.60. The van der Waals surface area contributed by atoms with Crippen LogP contribution in [-0.4, -0.2) is 28.9 Å². The molecule has 0 radical (unpaired) electrons. The summed E-state index contributed by atoms with van der Waals surface area (Å²) in [5.41, 5.74) is 4.74. The van der Waals surface area contributed by atoms with Gasteiger partial charge in [-0.15, -0.1) is 0 Å². The van der Waals surface area contributed by atoms with Crippen LogP contribution >= 0.6 is 7.60 Å². The van der Waals surface area contributed by atoms with Crippen LogP contribution in [0.15, 0.2) is 91.1 Å². The Labute approximate surface area is 227 Å². The molecule has 0 aliphatic heterocycles. The number of amides is 1. The summed E-state index contributed by atoms with van der Waals surface area (Å²) in [5.74, 6) is -0.646. The van der Waals surface area contributed by atoms with Crippen molar-refractivity contribution in [1.29, 1.82) is 0 Å². The number of hydrogen-bond donors (Lipinski definition) is 1. The van der Waals surface area contributed by atoms with Crippen molar-refractivity contribution < 1.29 is 22.8 Å². The second kappa shape index (κ2) is 13.3. The van der Waals surface area contributed by atoms with Crippen LogP contribution in [-0.2, 0) is 31.1 Å². The van der Waals surface area contributed by atoms with E-state index in [1.165, 1.54) is 18.2 Å². The van der Waals surface area contributed by atoms with Crippen LogP contribution in [0.25, 0.3) is 17.3 Å². The second-order valence-corrected chi connectivity index (χ2v) is 10.8. The molecule has 4 rings (SSSR count). The van der Waals surface area contributed by atoms with Crippen molar-refractivity contribution >= 4 is 25.3 Å². The van der Waals surface area contributed by atoms with Gasteiger partial charge in [0, 0.05) is 22.9 Å². The summed E-state index contributed by atoms with van der Waals surface area (Å²) in [6, 6.07) is 23.1. The first kappa shape index (κ1) is 28.2. The first-order valence-corrected chi connectivity index (χ1v) is 14.4. The molecule has 4 aromatic rings. The van der Waals surface area contributed by atoms with E-state index >= 15 is 0 Å². The molecule has 0 atom stereocenters. The molecule has 202 valence electrons. The topological polar surface area (TPSA) is 82.5 Å². The number of nitrogens with one attached hydrogen (secondary N) is 1. The van der Waals surface area contributed by atoms with Crippen LogP contribution in [0.4, 0.5) is 10.1 Å². The number of hydrogen-bond acceptors (Lipinski definition) is 5. The molecule has 0 aliphatic carbocycles. The maximum absolute atomic E-state index is 13.6. The Morgan fingerprint density at radius 3 is 2.26 bits per heavy atom. The summed E-state index contributed by atoms with van der Waals surface area (Å²) in [4.78, 5) is 12.7. The van der Waals surface area contributed by atoms with Gasteiger partial charge in [-0.05, 0) is 67.4 Å². The van der Waals surface area contributed by atoms with Crippen LogP contribution < -0.4 is 5.32 Å². The van der Waals surface area contributed by atoms with Crippen LogP contribution in [0.1, 0.15) is 30.5 Å². The van der Waals surface area contributed by atoms with Crippen molar-refractivity contribution in [1.82, 2.24) is 9.78 Å². The zero-order chi connectivity index (χ0) is 27.7. The van der Waals surface area contributed by atoms with Gasteiger partial charge in [-0.2, -0.15) is 5.10 Å². The van der Waals surface area contributed by atoms with E-state index in [2.05, 4.69) is 10.4 Å². The fourth-order valence-electron chi connectivity index (χ4n) is 4.11. The SMILES string of the molecule is CCOP(=O)(Cc1ccc(NC(=O)C=Cc2cnn(Cc3ccccc3)c2-c2ccc(F)cc2)cc1)OCC. The van der Waals surface area contributed by atoms with Crippen LogP contribution in [0.3, 0.4) is 0 Å². The average molecular weight is 548 g/mol. The Balaban J connectivity index is 1.48. The molecule has 7 nitrogen and oxygen atoms in total. The van der Waals surface area contributed by atoms with Gasteiger partial charge in [-0.3, -0.25) is 14.0 Å². The Morgan fingerprint density at radius 1 is 0.949 bits per heavy atom. The van der Waals surface area contributed by atoms with E-state index in [0.29, 0.717) is 25.4 Å². The Bertz CT molecular complexity index is 1440. The van der Waals surface area contributed by atoms with E-state index < -0.39 is 7.60 Å². The van der Waals surface area contributed by atoms with Crippen molar-refractivity contribution in [3.63, 3.8) is 0 Å². The van der Waals surface area contributed by atoms with Crippen molar-refractivity contribution in [3.05, 3.63) is 114 Å². The van der Waals surface area contributed by atoms with Gasteiger partial charge >= 0.3 is 7.60 Å². The van der Waals surface area contributed by atoms with Gasteiger partial charge in [0.25, 0.3) is 0 Å². The molecule has 0 saturated carbocycles. The third-order valence-electron chi connectivity index (χ3n) is 5.82. The molecule has 9 heteroatoms. The fraction of sp³-hybridized carbons (Fsp3) is 0.200. The highest BCUT2D eigenvalue weighted by Crippen LogP contribution is 2.51. The zero-order valence-corrected chi connectivity index (χ0v) is 22.8. The highest BCUT2D eigenvalue weighted by Gasteiger charge is 2.24. The predicted octanol–water partition coefficient (Wildman–Crippen LogP) is 7.16. The normalized spacial score (nSPS) is 11.7. The monoisotopic (exact) mass is 547 g/mol. The maximum atomic E-state index is 13.6. The number of carbonyl (C=O) groups is 1. The van der Waals surface area contributed by atoms with Crippen LogP contribution in [0, 0.1) is 5.82 Å². The Hall–Kier alpha value is -3.84. The lowest BCUT2D eigenvalue weighted by Crippen LogP contribution is -2.08. The minimum absolute atomic E-state index is 0.155. The first-order chi connectivity index (χ1) is 18.9.